The molecule has 1 aromatic heterocycles. The minimum absolute atomic E-state index is 0.0667. The monoisotopic (exact) mass is 271 g/mol. The first-order valence-electron chi connectivity index (χ1n) is 6.59. The highest BCUT2D eigenvalue weighted by atomic mass is 16.1. The fourth-order valence-electron chi connectivity index (χ4n) is 1.64. The van der Waals surface area contributed by atoms with Crippen LogP contribution < -0.4 is 5.32 Å². The number of hydrogen-bond donors (Lipinski definition) is 1. The number of hydrogen-bond acceptors (Lipinski definition) is 4. The van der Waals surface area contributed by atoms with Gasteiger partial charge in [-0.2, -0.15) is 0 Å². The van der Waals surface area contributed by atoms with E-state index in [0.717, 1.165) is 30.6 Å². The molecule has 6 nitrogen and oxygen atoms in total. The molecule has 0 bridgehead atoms. The second kappa shape index (κ2) is 7.18. The van der Waals surface area contributed by atoms with Crippen LogP contribution in [-0.4, -0.2) is 32.7 Å². The van der Waals surface area contributed by atoms with Gasteiger partial charge in [0.05, 0.1) is 5.69 Å². The zero-order valence-electron chi connectivity index (χ0n) is 11.4. The van der Waals surface area contributed by atoms with Gasteiger partial charge >= 0.3 is 0 Å². The average Bonchev–Trinajstić information content (AvgIpc) is 3.00. The zero-order chi connectivity index (χ0) is 14.2. The number of tetrazole rings is 1. The number of rotatable bonds is 6. The molecule has 0 aliphatic rings. The van der Waals surface area contributed by atoms with Crippen LogP contribution in [0.2, 0.25) is 0 Å². The van der Waals surface area contributed by atoms with Crippen molar-refractivity contribution in [3.05, 3.63) is 42.2 Å². The highest BCUT2D eigenvalue weighted by Crippen LogP contribution is 2.08. The van der Waals surface area contributed by atoms with Crippen LogP contribution in [-0.2, 0) is 4.79 Å². The number of amides is 1. The van der Waals surface area contributed by atoms with Crippen molar-refractivity contribution in [3.63, 3.8) is 0 Å². The van der Waals surface area contributed by atoms with Crippen molar-refractivity contribution in [3.8, 4) is 5.69 Å². The molecule has 1 N–H and O–H groups in total. The molecule has 0 radical (unpaired) electrons. The van der Waals surface area contributed by atoms with E-state index in [9.17, 15) is 4.79 Å². The van der Waals surface area contributed by atoms with Crippen LogP contribution in [0.3, 0.4) is 0 Å². The van der Waals surface area contributed by atoms with Gasteiger partial charge in [-0.3, -0.25) is 4.79 Å². The standard InChI is InChI=1S/C14H17N5O/c1-2-3-10-15-14(20)9-6-12-4-7-13(8-5-12)19-11-16-17-18-19/h4-9,11H,2-3,10H2,1H3,(H,15,20)/b9-6+. The van der Waals surface area contributed by atoms with Gasteiger partial charge in [0.1, 0.15) is 6.33 Å². The first kappa shape index (κ1) is 13.9. The highest BCUT2D eigenvalue weighted by molar-refractivity contribution is 5.91. The van der Waals surface area contributed by atoms with Gasteiger partial charge in [0.15, 0.2) is 0 Å². The minimum Gasteiger partial charge on any atom is -0.353 e. The average molecular weight is 271 g/mol. The summed E-state index contributed by atoms with van der Waals surface area (Å²) >= 11 is 0. The summed E-state index contributed by atoms with van der Waals surface area (Å²) in [5, 5.41) is 13.8. The number of nitrogens with one attached hydrogen (secondary N) is 1. The van der Waals surface area contributed by atoms with E-state index in [-0.39, 0.29) is 5.91 Å². The van der Waals surface area contributed by atoms with E-state index in [2.05, 4.69) is 27.8 Å². The van der Waals surface area contributed by atoms with Crippen LogP contribution in [0.15, 0.2) is 36.7 Å². The molecule has 0 aliphatic carbocycles. The lowest BCUT2D eigenvalue weighted by molar-refractivity contribution is -0.116. The number of unbranched alkanes of at least 4 members (excludes halogenated alkanes) is 1. The number of aromatic nitrogens is 4. The molecule has 0 atom stereocenters. The lowest BCUT2D eigenvalue weighted by Crippen LogP contribution is -2.21. The van der Waals surface area contributed by atoms with E-state index in [1.165, 1.54) is 6.33 Å². The summed E-state index contributed by atoms with van der Waals surface area (Å²) in [6, 6.07) is 7.61. The van der Waals surface area contributed by atoms with Gasteiger partial charge in [-0.25, -0.2) is 4.68 Å². The Morgan fingerprint density at radius 3 is 2.80 bits per heavy atom. The SMILES string of the molecule is CCCCNC(=O)/C=C/c1ccc(-n2cnnn2)cc1. The van der Waals surface area contributed by atoms with Crippen molar-refractivity contribution >= 4 is 12.0 Å². The predicted octanol–water partition coefficient (Wildman–Crippen LogP) is 1.59. The second-order valence-electron chi connectivity index (χ2n) is 4.32. The summed E-state index contributed by atoms with van der Waals surface area (Å²) in [7, 11) is 0. The van der Waals surface area contributed by atoms with Gasteiger partial charge in [-0.15, -0.1) is 5.10 Å². The third-order valence-corrected chi connectivity index (χ3v) is 2.76. The third-order valence-electron chi connectivity index (χ3n) is 2.76. The summed E-state index contributed by atoms with van der Waals surface area (Å²) in [6.07, 6.45) is 6.93. The van der Waals surface area contributed by atoms with Crippen LogP contribution in [0.25, 0.3) is 11.8 Å². The first-order valence-corrected chi connectivity index (χ1v) is 6.59. The van der Waals surface area contributed by atoms with E-state index < -0.39 is 0 Å². The highest BCUT2D eigenvalue weighted by Gasteiger charge is 1.97. The molecule has 104 valence electrons. The van der Waals surface area contributed by atoms with Crippen LogP contribution in [0.4, 0.5) is 0 Å². The molecule has 0 aliphatic heterocycles. The Morgan fingerprint density at radius 1 is 1.35 bits per heavy atom. The van der Waals surface area contributed by atoms with Crippen molar-refractivity contribution < 1.29 is 4.79 Å². The van der Waals surface area contributed by atoms with Gasteiger partial charge in [0.2, 0.25) is 5.91 Å². The topological polar surface area (TPSA) is 72.7 Å². The third kappa shape index (κ3) is 4.01. The zero-order valence-corrected chi connectivity index (χ0v) is 11.4. The Balaban J connectivity index is 1.92. The number of carbonyl (C=O) groups excluding carboxylic acids is 1. The molecule has 0 spiro atoms. The molecular weight excluding hydrogens is 254 g/mol. The van der Waals surface area contributed by atoms with Crippen LogP contribution >= 0.6 is 0 Å². The number of benzene rings is 1. The predicted molar refractivity (Wildman–Crippen MR) is 76.1 cm³/mol. The van der Waals surface area contributed by atoms with Gasteiger partial charge in [-0.05, 0) is 40.6 Å². The summed E-state index contributed by atoms with van der Waals surface area (Å²) in [5.74, 6) is -0.0667. The van der Waals surface area contributed by atoms with Gasteiger partial charge in [-0.1, -0.05) is 25.5 Å². The molecule has 0 saturated heterocycles. The Labute approximate surface area is 117 Å². The van der Waals surface area contributed by atoms with Crippen molar-refractivity contribution in [1.29, 1.82) is 0 Å². The molecule has 1 amide bonds. The fraction of sp³-hybridized carbons (Fsp3) is 0.286. The number of nitrogens with zero attached hydrogens (tertiary/aromatic N) is 4. The van der Waals surface area contributed by atoms with E-state index in [1.54, 1.807) is 16.8 Å². The summed E-state index contributed by atoms with van der Waals surface area (Å²) in [5.41, 5.74) is 1.83. The first-order chi connectivity index (χ1) is 9.79. The smallest absolute Gasteiger partial charge is 0.243 e. The minimum atomic E-state index is -0.0667. The maximum Gasteiger partial charge on any atom is 0.243 e. The molecule has 0 unspecified atom stereocenters. The van der Waals surface area contributed by atoms with E-state index >= 15 is 0 Å². The molecule has 1 heterocycles. The Morgan fingerprint density at radius 2 is 2.15 bits per heavy atom. The number of carbonyl (C=O) groups is 1. The second-order valence-corrected chi connectivity index (χ2v) is 4.32. The molecule has 2 rings (SSSR count). The summed E-state index contributed by atoms with van der Waals surface area (Å²) in [6.45, 7) is 2.81. The quantitative estimate of drug-likeness (QED) is 0.639. The normalized spacial score (nSPS) is 10.8. The van der Waals surface area contributed by atoms with Gasteiger partial charge in [0.25, 0.3) is 0 Å². The van der Waals surface area contributed by atoms with Crippen LogP contribution in [0.5, 0.6) is 0 Å². The van der Waals surface area contributed by atoms with E-state index in [4.69, 9.17) is 0 Å². The molecule has 1 aromatic carbocycles. The van der Waals surface area contributed by atoms with E-state index in [0.29, 0.717) is 0 Å². The van der Waals surface area contributed by atoms with Crippen LogP contribution in [0, 0.1) is 0 Å². The Bertz CT molecular complexity index is 560. The Hall–Kier alpha value is -2.50. The lowest BCUT2D eigenvalue weighted by atomic mass is 10.2. The van der Waals surface area contributed by atoms with Crippen molar-refractivity contribution in [2.75, 3.05) is 6.54 Å². The lowest BCUT2D eigenvalue weighted by Gasteiger charge is -2.00. The molecule has 0 fully saturated rings. The largest absolute Gasteiger partial charge is 0.353 e. The fourth-order valence-corrected chi connectivity index (χ4v) is 1.64. The van der Waals surface area contributed by atoms with Gasteiger partial charge < -0.3 is 5.32 Å². The Kier molecular flexibility index (Phi) is 5.00. The van der Waals surface area contributed by atoms with E-state index in [1.807, 2.05) is 24.3 Å². The molecule has 2 aromatic rings. The van der Waals surface area contributed by atoms with Crippen molar-refractivity contribution in [1.82, 2.24) is 25.5 Å². The molecular formula is C14H17N5O. The molecule has 20 heavy (non-hydrogen) atoms. The summed E-state index contributed by atoms with van der Waals surface area (Å²) in [4.78, 5) is 11.5. The van der Waals surface area contributed by atoms with Crippen molar-refractivity contribution in [2.24, 2.45) is 0 Å². The van der Waals surface area contributed by atoms with Gasteiger partial charge in [0, 0.05) is 12.6 Å². The maximum absolute atomic E-state index is 11.5. The maximum atomic E-state index is 11.5. The van der Waals surface area contributed by atoms with Crippen molar-refractivity contribution in [2.45, 2.75) is 19.8 Å². The molecule has 6 heteroatoms. The van der Waals surface area contributed by atoms with Crippen LogP contribution in [0.1, 0.15) is 25.3 Å². The summed E-state index contributed by atoms with van der Waals surface area (Å²) < 4.78 is 1.57. The molecule has 0 saturated carbocycles.